The molecule has 19 heavy (non-hydrogen) atoms. The van der Waals surface area contributed by atoms with Crippen molar-refractivity contribution in [3.05, 3.63) is 58.1 Å². The predicted octanol–water partition coefficient (Wildman–Crippen LogP) is 5.49. The molecule has 0 aliphatic heterocycles. The molecule has 0 fully saturated rings. The molecule has 0 aromatic heterocycles. The SMILES string of the molecule is CCC(=NC)c1ccc(-c2cc(Cl)cc(Cl)c2)cc1. The third-order valence-electron chi connectivity index (χ3n) is 3.02. The molecule has 3 heteroatoms. The lowest BCUT2D eigenvalue weighted by Crippen LogP contribution is -1.98. The van der Waals surface area contributed by atoms with Crippen molar-refractivity contribution in [1.29, 1.82) is 0 Å². The van der Waals surface area contributed by atoms with E-state index >= 15 is 0 Å². The number of rotatable bonds is 3. The Morgan fingerprint density at radius 1 is 0.947 bits per heavy atom. The minimum atomic E-state index is 0.649. The normalized spacial score (nSPS) is 11.7. The molecule has 0 unspecified atom stereocenters. The second-order valence-corrected chi connectivity index (χ2v) is 5.13. The van der Waals surface area contributed by atoms with Crippen molar-refractivity contribution in [3.8, 4) is 11.1 Å². The standard InChI is InChI=1S/C16H15Cl2N/c1-3-16(19-2)12-6-4-11(5-7-12)13-8-14(17)10-15(18)9-13/h4-10H,3H2,1-2H3. The van der Waals surface area contributed by atoms with Crippen molar-refractivity contribution in [3.63, 3.8) is 0 Å². The lowest BCUT2D eigenvalue weighted by atomic mass is 10.0. The van der Waals surface area contributed by atoms with Gasteiger partial charge >= 0.3 is 0 Å². The van der Waals surface area contributed by atoms with Gasteiger partial charge in [0, 0.05) is 22.8 Å². The summed E-state index contributed by atoms with van der Waals surface area (Å²) in [6.45, 7) is 2.10. The second-order valence-electron chi connectivity index (χ2n) is 4.26. The predicted molar refractivity (Wildman–Crippen MR) is 84.7 cm³/mol. The zero-order valence-electron chi connectivity index (χ0n) is 11.0. The first-order chi connectivity index (χ1) is 9.13. The summed E-state index contributed by atoms with van der Waals surface area (Å²) < 4.78 is 0. The number of benzene rings is 2. The minimum Gasteiger partial charge on any atom is -0.292 e. The Labute approximate surface area is 123 Å². The molecule has 98 valence electrons. The number of nitrogens with zero attached hydrogens (tertiary/aromatic N) is 1. The highest BCUT2D eigenvalue weighted by atomic mass is 35.5. The van der Waals surface area contributed by atoms with Gasteiger partial charge in [0.2, 0.25) is 0 Å². The van der Waals surface area contributed by atoms with Crippen LogP contribution in [-0.2, 0) is 0 Å². The van der Waals surface area contributed by atoms with Crippen LogP contribution in [-0.4, -0.2) is 12.8 Å². The molecule has 0 atom stereocenters. The van der Waals surface area contributed by atoms with E-state index in [9.17, 15) is 0 Å². The summed E-state index contributed by atoms with van der Waals surface area (Å²) in [5.74, 6) is 0. The van der Waals surface area contributed by atoms with Gasteiger partial charge in [-0.2, -0.15) is 0 Å². The van der Waals surface area contributed by atoms with Gasteiger partial charge in [-0.25, -0.2) is 0 Å². The van der Waals surface area contributed by atoms with Crippen LogP contribution < -0.4 is 0 Å². The maximum Gasteiger partial charge on any atom is 0.0426 e. The van der Waals surface area contributed by atoms with Gasteiger partial charge < -0.3 is 0 Å². The van der Waals surface area contributed by atoms with E-state index in [1.807, 2.05) is 19.2 Å². The average molecular weight is 292 g/mol. The summed E-state index contributed by atoms with van der Waals surface area (Å²) >= 11 is 12.0. The van der Waals surface area contributed by atoms with E-state index in [2.05, 4.69) is 36.2 Å². The Balaban J connectivity index is 2.37. The van der Waals surface area contributed by atoms with Gasteiger partial charge in [0.1, 0.15) is 0 Å². The second kappa shape index (κ2) is 6.23. The highest BCUT2D eigenvalue weighted by molar-refractivity contribution is 6.35. The lowest BCUT2D eigenvalue weighted by Gasteiger charge is -2.07. The molecular formula is C16H15Cl2N. The summed E-state index contributed by atoms with van der Waals surface area (Å²) in [5.41, 5.74) is 4.38. The van der Waals surface area contributed by atoms with Crippen LogP contribution in [0.25, 0.3) is 11.1 Å². The van der Waals surface area contributed by atoms with Gasteiger partial charge in [0.15, 0.2) is 0 Å². The molecule has 0 aliphatic carbocycles. The van der Waals surface area contributed by atoms with Crippen molar-refractivity contribution >= 4 is 28.9 Å². The van der Waals surface area contributed by atoms with Crippen LogP contribution in [0.3, 0.4) is 0 Å². The van der Waals surface area contributed by atoms with E-state index < -0.39 is 0 Å². The van der Waals surface area contributed by atoms with E-state index in [0.29, 0.717) is 10.0 Å². The molecule has 0 bridgehead atoms. The van der Waals surface area contributed by atoms with Gasteiger partial charge in [-0.05, 0) is 41.3 Å². The fraction of sp³-hybridized carbons (Fsp3) is 0.188. The maximum absolute atomic E-state index is 6.02. The molecule has 2 rings (SSSR count). The van der Waals surface area contributed by atoms with Crippen LogP contribution in [0.2, 0.25) is 10.0 Å². The lowest BCUT2D eigenvalue weighted by molar-refractivity contribution is 1.24. The highest BCUT2D eigenvalue weighted by Gasteiger charge is 2.04. The zero-order valence-corrected chi connectivity index (χ0v) is 12.5. The van der Waals surface area contributed by atoms with E-state index in [1.165, 1.54) is 0 Å². The number of hydrogen-bond acceptors (Lipinski definition) is 1. The molecule has 0 saturated carbocycles. The smallest absolute Gasteiger partial charge is 0.0426 e. The topological polar surface area (TPSA) is 12.4 Å². The Kier molecular flexibility index (Phi) is 4.62. The fourth-order valence-electron chi connectivity index (χ4n) is 2.07. The molecule has 0 radical (unpaired) electrons. The summed E-state index contributed by atoms with van der Waals surface area (Å²) in [6, 6.07) is 13.9. The Morgan fingerprint density at radius 2 is 1.53 bits per heavy atom. The average Bonchev–Trinajstić information content (AvgIpc) is 2.40. The molecule has 0 spiro atoms. The third kappa shape index (κ3) is 3.37. The molecule has 0 N–H and O–H groups in total. The Hall–Kier alpha value is -1.31. The van der Waals surface area contributed by atoms with Crippen molar-refractivity contribution in [2.24, 2.45) is 4.99 Å². The van der Waals surface area contributed by atoms with Gasteiger partial charge in [0.25, 0.3) is 0 Å². The highest BCUT2D eigenvalue weighted by Crippen LogP contribution is 2.27. The van der Waals surface area contributed by atoms with Gasteiger partial charge in [-0.1, -0.05) is 54.4 Å². The first kappa shape index (κ1) is 14.1. The van der Waals surface area contributed by atoms with Crippen molar-refractivity contribution in [2.45, 2.75) is 13.3 Å². The first-order valence-electron chi connectivity index (χ1n) is 6.16. The first-order valence-corrected chi connectivity index (χ1v) is 6.92. The summed E-state index contributed by atoms with van der Waals surface area (Å²) in [5, 5.41) is 1.30. The molecule has 0 saturated heterocycles. The van der Waals surface area contributed by atoms with Crippen molar-refractivity contribution < 1.29 is 0 Å². The van der Waals surface area contributed by atoms with Crippen LogP contribution >= 0.6 is 23.2 Å². The molecule has 0 heterocycles. The van der Waals surface area contributed by atoms with Gasteiger partial charge in [0.05, 0.1) is 0 Å². The number of hydrogen-bond donors (Lipinski definition) is 0. The summed E-state index contributed by atoms with van der Waals surface area (Å²) in [7, 11) is 1.82. The maximum atomic E-state index is 6.02. The molecular weight excluding hydrogens is 277 g/mol. The van der Waals surface area contributed by atoms with Crippen LogP contribution in [0.15, 0.2) is 47.5 Å². The van der Waals surface area contributed by atoms with Crippen molar-refractivity contribution in [2.75, 3.05) is 7.05 Å². The van der Waals surface area contributed by atoms with Crippen LogP contribution in [0.5, 0.6) is 0 Å². The van der Waals surface area contributed by atoms with Crippen LogP contribution in [0.1, 0.15) is 18.9 Å². The Morgan fingerprint density at radius 3 is 2.00 bits per heavy atom. The Bertz CT molecular complexity index is 580. The van der Waals surface area contributed by atoms with Gasteiger partial charge in [-0.15, -0.1) is 0 Å². The molecule has 0 aliphatic rings. The molecule has 2 aromatic carbocycles. The van der Waals surface area contributed by atoms with E-state index in [0.717, 1.165) is 28.8 Å². The quantitative estimate of drug-likeness (QED) is 0.663. The number of aliphatic imine (C=N–C) groups is 1. The monoisotopic (exact) mass is 291 g/mol. The van der Waals surface area contributed by atoms with E-state index in [4.69, 9.17) is 23.2 Å². The van der Waals surface area contributed by atoms with E-state index in [-0.39, 0.29) is 0 Å². The molecule has 2 aromatic rings. The largest absolute Gasteiger partial charge is 0.292 e. The summed E-state index contributed by atoms with van der Waals surface area (Å²) in [4.78, 5) is 4.28. The van der Waals surface area contributed by atoms with Crippen LogP contribution in [0, 0.1) is 0 Å². The summed E-state index contributed by atoms with van der Waals surface area (Å²) in [6.07, 6.45) is 0.929. The molecule has 0 amide bonds. The number of halogens is 2. The zero-order chi connectivity index (χ0) is 13.8. The van der Waals surface area contributed by atoms with Crippen LogP contribution in [0.4, 0.5) is 0 Å². The van der Waals surface area contributed by atoms with E-state index in [1.54, 1.807) is 6.07 Å². The third-order valence-corrected chi connectivity index (χ3v) is 3.46. The fourth-order valence-corrected chi connectivity index (χ4v) is 2.59. The van der Waals surface area contributed by atoms with Crippen molar-refractivity contribution in [1.82, 2.24) is 0 Å². The van der Waals surface area contributed by atoms with Gasteiger partial charge in [-0.3, -0.25) is 4.99 Å². The molecule has 1 nitrogen and oxygen atoms in total. The minimum absolute atomic E-state index is 0.649.